The second-order valence-electron chi connectivity index (χ2n) is 7.15. The number of hydrogen-bond acceptors (Lipinski definition) is 6. The minimum Gasteiger partial charge on any atom is -0.352 e. The minimum absolute atomic E-state index is 0.0204. The van der Waals surface area contributed by atoms with Crippen LogP contribution in [0.25, 0.3) is 0 Å². The summed E-state index contributed by atoms with van der Waals surface area (Å²) in [6, 6.07) is 5.73. The van der Waals surface area contributed by atoms with Crippen LogP contribution in [0.1, 0.15) is 37.3 Å². The first-order valence-corrected chi connectivity index (χ1v) is 8.97. The molecule has 1 aliphatic carbocycles. The zero-order valence-electron chi connectivity index (χ0n) is 14.8. The maximum atomic E-state index is 12.2. The first-order chi connectivity index (χ1) is 12.1. The van der Waals surface area contributed by atoms with Gasteiger partial charge in [0.05, 0.1) is 18.3 Å². The van der Waals surface area contributed by atoms with Gasteiger partial charge in [-0.3, -0.25) is 4.79 Å². The van der Waals surface area contributed by atoms with E-state index in [1.165, 1.54) is 12.8 Å². The summed E-state index contributed by atoms with van der Waals surface area (Å²) in [7, 11) is 3.88. The second kappa shape index (κ2) is 6.46. The lowest BCUT2D eigenvalue weighted by molar-refractivity contribution is 0.481. The fourth-order valence-electron chi connectivity index (χ4n) is 3.43. The number of hydrogen-bond donors (Lipinski definition) is 0. The van der Waals surface area contributed by atoms with E-state index in [0.29, 0.717) is 18.4 Å². The summed E-state index contributed by atoms with van der Waals surface area (Å²) < 4.78 is 1.64. The van der Waals surface area contributed by atoms with Crippen molar-refractivity contribution in [3.8, 4) is 0 Å². The predicted octanol–water partition coefficient (Wildman–Crippen LogP) is 1.65. The third kappa shape index (κ3) is 3.36. The van der Waals surface area contributed by atoms with Gasteiger partial charge in [0.2, 0.25) is 5.95 Å². The fourth-order valence-corrected chi connectivity index (χ4v) is 3.43. The van der Waals surface area contributed by atoms with Crippen LogP contribution in [0.4, 0.5) is 11.8 Å². The van der Waals surface area contributed by atoms with Crippen molar-refractivity contribution in [1.82, 2.24) is 19.7 Å². The smallest absolute Gasteiger partial charge is 0.266 e. The Morgan fingerprint density at radius 3 is 2.80 bits per heavy atom. The zero-order valence-corrected chi connectivity index (χ0v) is 14.8. The molecule has 1 saturated carbocycles. The maximum Gasteiger partial charge on any atom is 0.266 e. The molecule has 1 unspecified atom stereocenters. The van der Waals surface area contributed by atoms with Crippen LogP contribution in [0.3, 0.4) is 0 Å². The van der Waals surface area contributed by atoms with Gasteiger partial charge in [-0.15, -0.1) is 0 Å². The molecule has 0 bridgehead atoms. The van der Waals surface area contributed by atoms with Gasteiger partial charge in [-0.25, -0.2) is 9.67 Å². The van der Waals surface area contributed by atoms with Crippen molar-refractivity contribution in [1.29, 1.82) is 0 Å². The van der Waals surface area contributed by atoms with Crippen molar-refractivity contribution in [3.63, 3.8) is 0 Å². The van der Waals surface area contributed by atoms with Gasteiger partial charge in [0, 0.05) is 38.8 Å². The zero-order chi connectivity index (χ0) is 17.4. The van der Waals surface area contributed by atoms with Crippen LogP contribution in [0.15, 0.2) is 29.2 Å². The first-order valence-electron chi connectivity index (χ1n) is 8.97. The van der Waals surface area contributed by atoms with Crippen molar-refractivity contribution in [3.05, 3.63) is 40.4 Å². The average molecular weight is 340 g/mol. The van der Waals surface area contributed by atoms with E-state index in [0.717, 1.165) is 30.9 Å². The molecule has 2 fully saturated rings. The Balaban J connectivity index is 1.57. The lowest BCUT2D eigenvalue weighted by atomic mass is 10.2. The molecule has 7 heteroatoms. The van der Waals surface area contributed by atoms with Crippen molar-refractivity contribution in [2.75, 3.05) is 30.4 Å². The molecule has 3 heterocycles. The van der Waals surface area contributed by atoms with Gasteiger partial charge in [-0.2, -0.15) is 10.1 Å². The monoisotopic (exact) mass is 340 g/mol. The normalized spacial score (nSPS) is 20.1. The Hall–Kier alpha value is -2.44. The summed E-state index contributed by atoms with van der Waals surface area (Å²) in [5, 5.41) is 4.61. The van der Waals surface area contributed by atoms with E-state index < -0.39 is 0 Å². The first kappa shape index (κ1) is 16.1. The summed E-state index contributed by atoms with van der Waals surface area (Å²) in [6.45, 7) is 1.56. The van der Waals surface area contributed by atoms with E-state index >= 15 is 0 Å². The highest BCUT2D eigenvalue weighted by Crippen LogP contribution is 2.38. The third-order valence-corrected chi connectivity index (χ3v) is 4.97. The molecular formula is C18H24N6O. The highest BCUT2D eigenvalue weighted by atomic mass is 16.1. The molecule has 2 aromatic heterocycles. The van der Waals surface area contributed by atoms with Crippen molar-refractivity contribution >= 4 is 11.8 Å². The second-order valence-corrected chi connectivity index (χ2v) is 7.15. The molecule has 0 aromatic carbocycles. The molecule has 2 aliphatic rings. The van der Waals surface area contributed by atoms with Crippen molar-refractivity contribution in [2.24, 2.45) is 0 Å². The molecule has 25 heavy (non-hydrogen) atoms. The van der Waals surface area contributed by atoms with Crippen LogP contribution in [0.2, 0.25) is 0 Å². The molecule has 1 saturated heterocycles. The topological polar surface area (TPSA) is 67.2 Å². The standard InChI is InChI=1S/C18H24N6O/c1-22(2)18-19-10-9-16(20-18)23-11-3-4-14(23)12-24-17(25)8-7-15(21-24)13-5-6-13/h7-10,13-14H,3-6,11-12H2,1-2H3. The van der Waals surface area contributed by atoms with Crippen LogP contribution >= 0.6 is 0 Å². The van der Waals surface area contributed by atoms with E-state index in [1.807, 2.05) is 31.1 Å². The molecular weight excluding hydrogens is 316 g/mol. The maximum absolute atomic E-state index is 12.2. The van der Waals surface area contributed by atoms with E-state index in [1.54, 1.807) is 16.9 Å². The van der Waals surface area contributed by atoms with Crippen LogP contribution in [-0.2, 0) is 6.54 Å². The number of anilines is 2. The van der Waals surface area contributed by atoms with Gasteiger partial charge < -0.3 is 9.80 Å². The van der Waals surface area contributed by atoms with Crippen LogP contribution in [0, 0.1) is 0 Å². The Morgan fingerprint density at radius 1 is 1.20 bits per heavy atom. The van der Waals surface area contributed by atoms with E-state index in [-0.39, 0.29) is 11.6 Å². The summed E-state index contributed by atoms with van der Waals surface area (Å²) in [5.74, 6) is 2.18. The van der Waals surface area contributed by atoms with Crippen LogP contribution < -0.4 is 15.4 Å². The third-order valence-electron chi connectivity index (χ3n) is 4.97. The van der Waals surface area contributed by atoms with E-state index in [9.17, 15) is 4.79 Å². The highest BCUT2D eigenvalue weighted by molar-refractivity contribution is 5.45. The fraction of sp³-hybridized carbons (Fsp3) is 0.556. The lowest BCUT2D eigenvalue weighted by Crippen LogP contribution is -2.37. The van der Waals surface area contributed by atoms with Gasteiger partial charge in [-0.05, 0) is 37.8 Å². The van der Waals surface area contributed by atoms with Gasteiger partial charge in [0.25, 0.3) is 5.56 Å². The quantitative estimate of drug-likeness (QED) is 0.824. The molecule has 0 amide bonds. The summed E-state index contributed by atoms with van der Waals surface area (Å²) >= 11 is 0. The van der Waals surface area contributed by atoms with E-state index in [2.05, 4.69) is 20.0 Å². The number of rotatable bonds is 5. The van der Waals surface area contributed by atoms with Gasteiger partial charge in [0.15, 0.2) is 0 Å². The summed E-state index contributed by atoms with van der Waals surface area (Å²) in [5.41, 5.74) is 1.04. The molecule has 1 aliphatic heterocycles. The van der Waals surface area contributed by atoms with Crippen LogP contribution in [0.5, 0.6) is 0 Å². The molecule has 2 aromatic rings. The SMILES string of the molecule is CN(C)c1nccc(N2CCCC2Cn2nc(C3CC3)ccc2=O)n1. The van der Waals surface area contributed by atoms with Crippen molar-refractivity contribution < 1.29 is 0 Å². The Labute approximate surface area is 147 Å². The number of nitrogens with zero attached hydrogens (tertiary/aromatic N) is 6. The Kier molecular flexibility index (Phi) is 4.15. The predicted molar refractivity (Wildman–Crippen MR) is 97.2 cm³/mol. The summed E-state index contributed by atoms with van der Waals surface area (Å²) in [4.78, 5) is 25.4. The Morgan fingerprint density at radius 2 is 2.04 bits per heavy atom. The molecule has 4 rings (SSSR count). The minimum atomic E-state index is -0.0204. The van der Waals surface area contributed by atoms with Gasteiger partial charge in [0.1, 0.15) is 5.82 Å². The van der Waals surface area contributed by atoms with Gasteiger partial charge >= 0.3 is 0 Å². The van der Waals surface area contributed by atoms with Gasteiger partial charge in [-0.1, -0.05) is 0 Å². The number of aromatic nitrogens is 4. The van der Waals surface area contributed by atoms with Crippen LogP contribution in [-0.4, -0.2) is 46.4 Å². The Bertz CT molecular complexity index is 813. The average Bonchev–Trinajstić information content (AvgIpc) is 3.36. The molecule has 0 N–H and O–H groups in total. The largest absolute Gasteiger partial charge is 0.352 e. The lowest BCUT2D eigenvalue weighted by Gasteiger charge is -2.26. The molecule has 7 nitrogen and oxygen atoms in total. The summed E-state index contributed by atoms with van der Waals surface area (Å²) in [6.07, 6.45) is 6.32. The molecule has 1 atom stereocenters. The van der Waals surface area contributed by atoms with E-state index in [4.69, 9.17) is 0 Å². The molecule has 0 spiro atoms. The highest BCUT2D eigenvalue weighted by Gasteiger charge is 2.29. The van der Waals surface area contributed by atoms with Crippen molar-refractivity contribution in [2.45, 2.75) is 44.2 Å². The molecule has 0 radical (unpaired) electrons. The molecule has 132 valence electrons.